The zero-order valence-electron chi connectivity index (χ0n) is 23.4. The number of carbonyl (C=O) groups excluding carboxylic acids is 1. The number of hydrogen-bond acceptors (Lipinski definition) is 8. The fraction of sp³-hybridized carbons (Fsp3) is 0.778. The maximum atomic E-state index is 9.60. The number of nitrogens with zero attached hydrogens (tertiary/aromatic N) is 5. The zero-order chi connectivity index (χ0) is 26.4. The molecular formula is C27H48N6O2S. The van der Waals surface area contributed by atoms with Gasteiger partial charge < -0.3 is 14.6 Å². The van der Waals surface area contributed by atoms with Crippen molar-refractivity contribution in [2.45, 2.75) is 117 Å². The van der Waals surface area contributed by atoms with Crippen molar-refractivity contribution in [3.8, 4) is 0 Å². The molecule has 1 fully saturated rings. The molecule has 1 atom stereocenters. The van der Waals surface area contributed by atoms with Crippen LogP contribution in [0.25, 0.3) is 0 Å². The van der Waals surface area contributed by atoms with E-state index in [0.29, 0.717) is 12.5 Å². The molecule has 8 nitrogen and oxygen atoms in total. The fourth-order valence-electron chi connectivity index (χ4n) is 4.26. The Morgan fingerprint density at radius 2 is 1.92 bits per heavy atom. The van der Waals surface area contributed by atoms with Gasteiger partial charge in [-0.3, -0.25) is 9.69 Å². The van der Waals surface area contributed by atoms with Gasteiger partial charge in [-0.2, -0.15) is 0 Å². The standard InChI is InChI=1S/C12H19N3S.C7H11N3.C5H10O2.C3H8/c1-13-9-5-6-15(7-9)8-12-14-10-3-2-4-11(10)16-12;1-2-4-7-9-8-6-10(7)5-3-1;1-5(2,3)7-4-6;1-3-2/h9,13H,2-8H2,1H3;6H,1-5H2;4H,1-3H3;3H2,1-2H3. The molecule has 0 saturated carbocycles. The van der Waals surface area contributed by atoms with Gasteiger partial charge in [-0.05, 0) is 66.3 Å². The number of aromatic nitrogens is 4. The monoisotopic (exact) mass is 520 g/mol. The van der Waals surface area contributed by atoms with Gasteiger partial charge in [-0.1, -0.05) is 26.7 Å². The molecule has 1 N–H and O–H groups in total. The van der Waals surface area contributed by atoms with E-state index >= 15 is 0 Å². The molecule has 4 heterocycles. The highest BCUT2D eigenvalue weighted by Gasteiger charge is 2.23. The number of aryl methyl sites for hydroxylation is 4. The summed E-state index contributed by atoms with van der Waals surface area (Å²) < 4.78 is 6.71. The van der Waals surface area contributed by atoms with Crippen molar-refractivity contribution in [3.63, 3.8) is 0 Å². The van der Waals surface area contributed by atoms with E-state index in [9.17, 15) is 4.79 Å². The number of likely N-dealkylation sites (N-methyl/N-ethyl adjacent to an activating group) is 1. The van der Waals surface area contributed by atoms with Crippen LogP contribution in [0, 0.1) is 0 Å². The Kier molecular flexibility index (Phi) is 13.6. The first-order valence-corrected chi connectivity index (χ1v) is 14.5. The van der Waals surface area contributed by atoms with Gasteiger partial charge >= 0.3 is 0 Å². The van der Waals surface area contributed by atoms with Gasteiger partial charge in [0.05, 0.1) is 12.2 Å². The fourth-order valence-corrected chi connectivity index (χ4v) is 5.46. The summed E-state index contributed by atoms with van der Waals surface area (Å²) in [7, 11) is 2.06. The Morgan fingerprint density at radius 1 is 1.14 bits per heavy atom. The smallest absolute Gasteiger partial charge is 0.293 e. The van der Waals surface area contributed by atoms with Gasteiger partial charge in [0.1, 0.15) is 22.8 Å². The number of fused-ring (bicyclic) bond motifs is 2. The highest BCUT2D eigenvalue weighted by molar-refractivity contribution is 7.11. The molecule has 0 bridgehead atoms. The number of ether oxygens (including phenoxy) is 1. The quantitative estimate of drug-likeness (QED) is 0.579. The predicted octanol–water partition coefficient (Wildman–Crippen LogP) is 4.80. The first-order valence-electron chi connectivity index (χ1n) is 13.6. The Balaban J connectivity index is 0.000000196. The number of carbonyl (C=O) groups is 1. The molecule has 1 unspecified atom stereocenters. The van der Waals surface area contributed by atoms with Crippen molar-refractivity contribution in [2.24, 2.45) is 0 Å². The van der Waals surface area contributed by atoms with Crippen molar-refractivity contribution in [1.29, 1.82) is 0 Å². The van der Waals surface area contributed by atoms with Gasteiger partial charge in [-0.25, -0.2) is 4.98 Å². The first kappa shape index (κ1) is 30.4. The molecule has 1 saturated heterocycles. The van der Waals surface area contributed by atoms with Crippen LogP contribution < -0.4 is 5.32 Å². The summed E-state index contributed by atoms with van der Waals surface area (Å²) in [6, 6.07) is 0.687. The van der Waals surface area contributed by atoms with Gasteiger partial charge in [0, 0.05) is 37.0 Å². The van der Waals surface area contributed by atoms with E-state index in [4.69, 9.17) is 4.98 Å². The molecule has 1 aliphatic carbocycles. The molecule has 0 radical (unpaired) electrons. The summed E-state index contributed by atoms with van der Waals surface area (Å²) in [5, 5.41) is 12.6. The number of hydrogen-bond donors (Lipinski definition) is 1. The lowest BCUT2D eigenvalue weighted by molar-refractivity contribution is -0.138. The SMILES string of the molecule is CC(C)(C)OC=O.CCC.CNC1CCN(Cc2nc3c(s2)CCC3)C1.c1nnc2n1CCCCC2. The van der Waals surface area contributed by atoms with Gasteiger partial charge in [-0.15, -0.1) is 21.5 Å². The van der Waals surface area contributed by atoms with Crippen LogP contribution in [0.15, 0.2) is 6.33 Å². The van der Waals surface area contributed by atoms with E-state index in [2.05, 4.69) is 50.6 Å². The zero-order valence-corrected chi connectivity index (χ0v) is 24.2. The second kappa shape index (κ2) is 16.1. The van der Waals surface area contributed by atoms with E-state index in [1.807, 2.05) is 38.4 Å². The van der Waals surface area contributed by atoms with Crippen LogP contribution in [0.3, 0.4) is 0 Å². The third-order valence-corrected chi connectivity index (χ3v) is 7.22. The summed E-state index contributed by atoms with van der Waals surface area (Å²) in [5.74, 6) is 1.16. The summed E-state index contributed by atoms with van der Waals surface area (Å²) in [5.41, 5.74) is 1.08. The Bertz CT molecular complexity index is 834. The topological polar surface area (TPSA) is 85.2 Å². The molecular weight excluding hydrogens is 472 g/mol. The normalized spacial score (nSPS) is 18.8. The summed E-state index contributed by atoms with van der Waals surface area (Å²) in [6.07, 6.45) is 13.2. The van der Waals surface area contributed by atoms with Crippen molar-refractivity contribution < 1.29 is 9.53 Å². The highest BCUT2D eigenvalue weighted by Crippen LogP contribution is 2.28. The number of likely N-dealkylation sites (tertiary alicyclic amines) is 1. The maximum Gasteiger partial charge on any atom is 0.293 e. The van der Waals surface area contributed by atoms with E-state index in [1.54, 1.807) is 4.88 Å². The lowest BCUT2D eigenvalue weighted by Gasteiger charge is -2.14. The third kappa shape index (κ3) is 11.0. The van der Waals surface area contributed by atoms with Crippen LogP contribution in [0.4, 0.5) is 0 Å². The minimum atomic E-state index is -0.318. The van der Waals surface area contributed by atoms with Crippen LogP contribution in [0.1, 0.15) is 94.5 Å². The minimum Gasteiger partial charge on any atom is -0.462 e. The maximum absolute atomic E-state index is 9.60. The molecule has 2 aliphatic heterocycles. The molecule has 0 aromatic carbocycles. The second-order valence-electron chi connectivity index (χ2n) is 10.6. The van der Waals surface area contributed by atoms with Crippen molar-refractivity contribution in [1.82, 2.24) is 30.0 Å². The average Bonchev–Trinajstić information content (AvgIpc) is 3.59. The Hall–Kier alpha value is -1.84. The molecule has 0 amide bonds. The van der Waals surface area contributed by atoms with E-state index < -0.39 is 0 Å². The summed E-state index contributed by atoms with van der Waals surface area (Å²) in [4.78, 5) is 18.4. The average molecular weight is 521 g/mol. The summed E-state index contributed by atoms with van der Waals surface area (Å²) in [6.45, 7) is 14.7. The summed E-state index contributed by atoms with van der Waals surface area (Å²) >= 11 is 1.94. The molecule has 3 aliphatic rings. The molecule has 2 aromatic rings. The largest absolute Gasteiger partial charge is 0.462 e. The molecule has 5 rings (SSSR count). The first-order chi connectivity index (χ1) is 17.3. The predicted molar refractivity (Wildman–Crippen MR) is 147 cm³/mol. The van der Waals surface area contributed by atoms with Crippen LogP contribution in [-0.2, 0) is 41.9 Å². The Morgan fingerprint density at radius 3 is 2.53 bits per heavy atom. The van der Waals surface area contributed by atoms with E-state index in [-0.39, 0.29) is 5.60 Å². The van der Waals surface area contributed by atoms with Crippen LogP contribution in [0.2, 0.25) is 0 Å². The van der Waals surface area contributed by atoms with Crippen molar-refractivity contribution >= 4 is 17.8 Å². The molecule has 36 heavy (non-hydrogen) atoms. The van der Waals surface area contributed by atoms with Crippen LogP contribution in [-0.4, -0.2) is 62.9 Å². The molecule has 0 spiro atoms. The van der Waals surface area contributed by atoms with Gasteiger partial charge in [0.2, 0.25) is 0 Å². The number of thiazole rings is 1. The molecule has 9 heteroatoms. The highest BCUT2D eigenvalue weighted by atomic mass is 32.1. The number of nitrogens with one attached hydrogen (secondary N) is 1. The van der Waals surface area contributed by atoms with Gasteiger partial charge in [0.25, 0.3) is 6.47 Å². The molecule has 2 aromatic heterocycles. The lowest BCUT2D eigenvalue weighted by atomic mass is 10.2. The second-order valence-corrected chi connectivity index (χ2v) is 11.8. The van der Waals surface area contributed by atoms with E-state index in [1.165, 1.54) is 75.2 Å². The van der Waals surface area contributed by atoms with Crippen molar-refractivity contribution in [2.75, 3.05) is 20.1 Å². The third-order valence-electron chi connectivity index (χ3n) is 6.08. The van der Waals surface area contributed by atoms with Crippen LogP contribution >= 0.6 is 11.3 Å². The molecule has 204 valence electrons. The van der Waals surface area contributed by atoms with Gasteiger partial charge in [0.15, 0.2) is 0 Å². The Labute approximate surface area is 222 Å². The van der Waals surface area contributed by atoms with Crippen molar-refractivity contribution in [3.05, 3.63) is 27.7 Å². The number of rotatable bonds is 4. The van der Waals surface area contributed by atoms with Crippen LogP contribution in [0.5, 0.6) is 0 Å². The minimum absolute atomic E-state index is 0.318. The lowest BCUT2D eigenvalue weighted by Crippen LogP contribution is -2.29. The van der Waals surface area contributed by atoms with E-state index in [0.717, 1.165) is 25.3 Å².